The first-order chi connectivity index (χ1) is 14.1. The molecule has 0 fully saturated rings. The van der Waals surface area contributed by atoms with Gasteiger partial charge in [-0.1, -0.05) is 12.1 Å². The van der Waals surface area contributed by atoms with Crippen molar-refractivity contribution >= 4 is 23.3 Å². The lowest BCUT2D eigenvalue weighted by atomic mass is 10.0. The number of rotatable bonds is 6. The maximum atomic E-state index is 12.6. The van der Waals surface area contributed by atoms with Crippen LogP contribution < -0.4 is 9.80 Å². The molecule has 0 aliphatic carbocycles. The van der Waals surface area contributed by atoms with Crippen LogP contribution in [0, 0.1) is 0 Å². The molecular formula is C22H26N2O5. The number of carbonyl (C=O) groups excluding carboxylic acids is 2. The number of esters is 2. The first-order valence-electron chi connectivity index (χ1n) is 9.52. The molecule has 2 aliphatic rings. The highest BCUT2D eigenvalue weighted by Crippen LogP contribution is 2.34. The lowest BCUT2D eigenvalue weighted by Crippen LogP contribution is -2.33. The second kappa shape index (κ2) is 9.43. The van der Waals surface area contributed by atoms with E-state index in [2.05, 4.69) is 11.0 Å². The van der Waals surface area contributed by atoms with E-state index in [0.29, 0.717) is 6.61 Å². The highest BCUT2D eigenvalue weighted by atomic mass is 16.5. The minimum atomic E-state index is -0.615. The monoisotopic (exact) mass is 398 g/mol. The summed E-state index contributed by atoms with van der Waals surface area (Å²) in [6.07, 6.45) is 8.84. The predicted molar refractivity (Wildman–Crippen MR) is 111 cm³/mol. The number of aryl methyl sites for hydroxylation is 1. The van der Waals surface area contributed by atoms with Crippen molar-refractivity contribution in [1.82, 2.24) is 0 Å². The zero-order chi connectivity index (χ0) is 20.8. The number of fused-ring (bicyclic) bond motifs is 1. The Morgan fingerprint density at radius 2 is 1.86 bits per heavy atom. The Morgan fingerprint density at radius 3 is 2.59 bits per heavy atom. The Kier molecular flexibility index (Phi) is 6.72. The Morgan fingerprint density at radius 1 is 1.07 bits per heavy atom. The van der Waals surface area contributed by atoms with Gasteiger partial charge in [-0.3, -0.25) is 0 Å². The molecule has 1 aromatic carbocycles. The molecule has 2 heterocycles. The third kappa shape index (κ3) is 4.35. The lowest BCUT2D eigenvalue weighted by Gasteiger charge is -2.33. The van der Waals surface area contributed by atoms with E-state index >= 15 is 0 Å². The SMILES string of the molecule is COCCN1CCCc2ccc(N3C=CC=CC(C(=O)OC)=C3C(=O)OC)cc21. The fraction of sp³-hybridized carbons (Fsp3) is 0.364. The average Bonchev–Trinajstić information content (AvgIpc) is 2.99. The number of carbonyl (C=O) groups is 2. The summed E-state index contributed by atoms with van der Waals surface area (Å²) in [5, 5.41) is 0. The van der Waals surface area contributed by atoms with Gasteiger partial charge in [0, 0.05) is 37.8 Å². The van der Waals surface area contributed by atoms with Crippen LogP contribution in [0.4, 0.5) is 11.4 Å². The minimum absolute atomic E-state index is 0.114. The Hall–Kier alpha value is -3.06. The highest BCUT2D eigenvalue weighted by Gasteiger charge is 2.28. The van der Waals surface area contributed by atoms with Crippen molar-refractivity contribution < 1.29 is 23.8 Å². The van der Waals surface area contributed by atoms with Crippen molar-refractivity contribution in [1.29, 1.82) is 0 Å². The summed E-state index contributed by atoms with van der Waals surface area (Å²) in [4.78, 5) is 28.9. The van der Waals surface area contributed by atoms with E-state index in [1.165, 1.54) is 19.8 Å². The largest absolute Gasteiger partial charge is 0.465 e. The van der Waals surface area contributed by atoms with Crippen LogP contribution in [0.2, 0.25) is 0 Å². The molecule has 29 heavy (non-hydrogen) atoms. The molecule has 0 radical (unpaired) electrons. The summed E-state index contributed by atoms with van der Waals surface area (Å²) >= 11 is 0. The van der Waals surface area contributed by atoms with Crippen LogP contribution >= 0.6 is 0 Å². The summed E-state index contributed by atoms with van der Waals surface area (Å²) in [5.41, 5.74) is 3.38. The van der Waals surface area contributed by atoms with Crippen molar-refractivity contribution in [3.05, 3.63) is 59.5 Å². The molecule has 2 aliphatic heterocycles. The van der Waals surface area contributed by atoms with Gasteiger partial charge in [0.15, 0.2) is 0 Å². The Balaban J connectivity index is 2.08. The summed E-state index contributed by atoms with van der Waals surface area (Å²) in [5.74, 6) is -1.22. The van der Waals surface area contributed by atoms with Gasteiger partial charge >= 0.3 is 11.9 Å². The molecule has 0 saturated carbocycles. The number of anilines is 2. The van der Waals surface area contributed by atoms with E-state index in [1.54, 1.807) is 36.4 Å². The van der Waals surface area contributed by atoms with Crippen molar-refractivity contribution in [2.75, 3.05) is 50.8 Å². The second-order valence-electron chi connectivity index (χ2n) is 6.71. The van der Waals surface area contributed by atoms with Crippen LogP contribution in [0.25, 0.3) is 0 Å². The number of benzene rings is 1. The first kappa shape index (κ1) is 20.7. The molecule has 0 saturated heterocycles. The molecule has 0 bridgehead atoms. The molecule has 7 heteroatoms. The van der Waals surface area contributed by atoms with Gasteiger partial charge in [0.25, 0.3) is 0 Å². The quantitative estimate of drug-likeness (QED) is 0.682. The average molecular weight is 398 g/mol. The molecule has 0 atom stereocenters. The molecule has 154 valence electrons. The molecule has 1 aromatic rings. The van der Waals surface area contributed by atoms with Crippen LogP contribution in [0.5, 0.6) is 0 Å². The number of hydrogen-bond acceptors (Lipinski definition) is 7. The van der Waals surface area contributed by atoms with E-state index in [4.69, 9.17) is 14.2 Å². The Bertz CT molecular complexity index is 872. The van der Waals surface area contributed by atoms with Gasteiger partial charge in [-0.25, -0.2) is 9.59 Å². The van der Waals surface area contributed by atoms with Gasteiger partial charge in [0.2, 0.25) is 0 Å². The number of hydrogen-bond donors (Lipinski definition) is 0. The van der Waals surface area contributed by atoms with Crippen molar-refractivity contribution in [2.45, 2.75) is 12.8 Å². The van der Waals surface area contributed by atoms with E-state index in [-0.39, 0.29) is 11.3 Å². The third-order valence-corrected chi connectivity index (χ3v) is 5.02. The third-order valence-electron chi connectivity index (χ3n) is 5.02. The molecular weight excluding hydrogens is 372 g/mol. The van der Waals surface area contributed by atoms with Crippen LogP contribution in [0.3, 0.4) is 0 Å². The van der Waals surface area contributed by atoms with Crippen LogP contribution in [-0.2, 0) is 30.2 Å². The first-order valence-corrected chi connectivity index (χ1v) is 9.52. The standard InChI is InChI=1S/C22H26N2O5/c1-27-14-13-23-11-6-7-16-9-10-17(15-19(16)23)24-12-5-4-8-18(21(25)28-2)20(24)22(26)29-3/h4-5,8-10,12,15H,6-7,11,13-14H2,1-3H3. The molecule has 7 nitrogen and oxygen atoms in total. The van der Waals surface area contributed by atoms with Crippen LogP contribution in [0.15, 0.2) is 53.9 Å². The second-order valence-corrected chi connectivity index (χ2v) is 6.71. The normalized spacial score (nSPS) is 15.8. The van der Waals surface area contributed by atoms with E-state index in [0.717, 1.165) is 37.3 Å². The summed E-state index contributed by atoms with van der Waals surface area (Å²) in [6.45, 7) is 2.37. The van der Waals surface area contributed by atoms with Crippen LogP contribution in [-0.4, -0.2) is 53.0 Å². The topological polar surface area (TPSA) is 68.3 Å². The summed E-state index contributed by atoms with van der Waals surface area (Å²) in [6, 6.07) is 6.06. The van der Waals surface area contributed by atoms with E-state index in [1.807, 2.05) is 12.1 Å². The molecule has 0 aromatic heterocycles. The fourth-order valence-electron chi connectivity index (χ4n) is 3.59. The number of nitrogens with zero attached hydrogens (tertiary/aromatic N) is 2. The number of ether oxygens (including phenoxy) is 3. The van der Waals surface area contributed by atoms with Gasteiger partial charge in [0.1, 0.15) is 5.70 Å². The Labute approximate surface area is 170 Å². The van der Waals surface area contributed by atoms with E-state index in [9.17, 15) is 9.59 Å². The maximum absolute atomic E-state index is 12.6. The smallest absolute Gasteiger partial charge is 0.355 e. The van der Waals surface area contributed by atoms with Gasteiger partial charge in [-0.15, -0.1) is 0 Å². The van der Waals surface area contributed by atoms with Crippen molar-refractivity contribution in [2.24, 2.45) is 0 Å². The molecule has 0 N–H and O–H groups in total. The van der Waals surface area contributed by atoms with Crippen molar-refractivity contribution in [3.63, 3.8) is 0 Å². The summed E-state index contributed by atoms with van der Waals surface area (Å²) in [7, 11) is 4.27. The summed E-state index contributed by atoms with van der Waals surface area (Å²) < 4.78 is 15.1. The molecule has 0 unspecified atom stereocenters. The van der Waals surface area contributed by atoms with Gasteiger partial charge in [0.05, 0.1) is 26.4 Å². The predicted octanol–water partition coefficient (Wildman–Crippen LogP) is 2.58. The lowest BCUT2D eigenvalue weighted by molar-refractivity contribution is -0.139. The van der Waals surface area contributed by atoms with Gasteiger partial charge in [-0.05, 0) is 42.7 Å². The molecule has 0 amide bonds. The highest BCUT2D eigenvalue weighted by molar-refractivity contribution is 6.05. The minimum Gasteiger partial charge on any atom is -0.465 e. The zero-order valence-corrected chi connectivity index (χ0v) is 17.0. The van der Waals surface area contributed by atoms with E-state index < -0.39 is 11.9 Å². The maximum Gasteiger partial charge on any atom is 0.355 e. The fourth-order valence-corrected chi connectivity index (χ4v) is 3.59. The molecule has 3 rings (SSSR count). The number of methoxy groups -OCH3 is 3. The van der Waals surface area contributed by atoms with Crippen molar-refractivity contribution in [3.8, 4) is 0 Å². The van der Waals surface area contributed by atoms with Crippen LogP contribution in [0.1, 0.15) is 12.0 Å². The van der Waals surface area contributed by atoms with Gasteiger partial charge < -0.3 is 24.0 Å². The molecule has 0 spiro atoms. The van der Waals surface area contributed by atoms with Gasteiger partial charge in [-0.2, -0.15) is 0 Å². The number of allylic oxidation sites excluding steroid dienone is 2. The zero-order valence-electron chi connectivity index (χ0n) is 17.0.